The van der Waals surface area contributed by atoms with Gasteiger partial charge in [-0.25, -0.2) is 9.59 Å². The second kappa shape index (κ2) is 7.69. The topological polar surface area (TPSA) is 66.8 Å². The Labute approximate surface area is 143 Å². The summed E-state index contributed by atoms with van der Waals surface area (Å²) < 4.78 is 5.19. The minimum absolute atomic E-state index is 0.264. The van der Waals surface area contributed by atoms with Crippen LogP contribution in [0, 0.1) is 5.41 Å². The van der Waals surface area contributed by atoms with Crippen LogP contribution in [-0.2, 0) is 16.0 Å². The van der Waals surface area contributed by atoms with E-state index in [9.17, 15) is 14.7 Å². The molecule has 132 valence electrons. The van der Waals surface area contributed by atoms with Crippen molar-refractivity contribution in [3.63, 3.8) is 0 Å². The Balaban J connectivity index is 1.81. The zero-order valence-corrected chi connectivity index (χ0v) is 14.7. The Kier molecular flexibility index (Phi) is 5.86. The standard InChI is InChI=1S/C19H27NO4/c1-19(2,3)16-15(17(21)24-16)20(18(22)23)13-9-5-8-12-14-10-6-4-7-11-14/h4,6-7,10-11,15-16H,5,8-9,12-13H2,1-3H3,(H,22,23)/t15-,16+/m1/s1. The lowest BCUT2D eigenvalue weighted by Gasteiger charge is -2.46. The summed E-state index contributed by atoms with van der Waals surface area (Å²) in [7, 11) is 0. The lowest BCUT2D eigenvalue weighted by molar-refractivity contribution is -0.199. The third-order valence-electron chi connectivity index (χ3n) is 4.41. The van der Waals surface area contributed by atoms with E-state index in [1.165, 1.54) is 10.5 Å². The van der Waals surface area contributed by atoms with Crippen molar-refractivity contribution in [2.45, 2.75) is 58.6 Å². The molecule has 5 nitrogen and oxygen atoms in total. The number of esters is 1. The third kappa shape index (κ3) is 4.49. The lowest BCUT2D eigenvalue weighted by Crippen LogP contribution is -2.65. The quantitative estimate of drug-likeness (QED) is 0.610. The van der Waals surface area contributed by atoms with E-state index < -0.39 is 18.1 Å². The molecule has 1 fully saturated rings. The molecule has 0 radical (unpaired) electrons. The van der Waals surface area contributed by atoms with Crippen LogP contribution in [0.4, 0.5) is 4.79 Å². The molecule has 0 bridgehead atoms. The number of ether oxygens (including phenoxy) is 1. The van der Waals surface area contributed by atoms with E-state index in [4.69, 9.17) is 4.74 Å². The number of carbonyl (C=O) groups excluding carboxylic acids is 1. The first-order chi connectivity index (χ1) is 11.3. The van der Waals surface area contributed by atoms with Crippen LogP contribution >= 0.6 is 0 Å². The monoisotopic (exact) mass is 333 g/mol. The molecule has 0 aliphatic carbocycles. The zero-order chi connectivity index (χ0) is 17.7. The minimum Gasteiger partial charge on any atom is -0.465 e. The number of aryl methyl sites for hydroxylation is 1. The summed E-state index contributed by atoms with van der Waals surface area (Å²) in [5.41, 5.74) is 1.03. The number of carboxylic acid groups (broad SMARTS) is 1. The molecule has 24 heavy (non-hydrogen) atoms. The zero-order valence-electron chi connectivity index (χ0n) is 14.7. The summed E-state index contributed by atoms with van der Waals surface area (Å²) in [5, 5.41) is 9.46. The average molecular weight is 333 g/mol. The Bertz CT molecular complexity index is 564. The fourth-order valence-electron chi connectivity index (χ4n) is 3.04. The predicted molar refractivity (Wildman–Crippen MR) is 91.9 cm³/mol. The van der Waals surface area contributed by atoms with Crippen molar-refractivity contribution in [1.29, 1.82) is 0 Å². The molecule has 1 saturated heterocycles. The molecule has 1 aliphatic heterocycles. The second-order valence-electron chi connectivity index (χ2n) is 7.44. The Hall–Kier alpha value is -2.04. The minimum atomic E-state index is -1.05. The van der Waals surface area contributed by atoms with Gasteiger partial charge in [0.15, 0.2) is 6.04 Å². The van der Waals surface area contributed by atoms with Crippen LogP contribution in [0.15, 0.2) is 30.3 Å². The molecule has 0 spiro atoms. The van der Waals surface area contributed by atoms with Gasteiger partial charge in [-0.2, -0.15) is 0 Å². The molecular weight excluding hydrogens is 306 g/mol. The lowest BCUT2D eigenvalue weighted by atomic mass is 9.81. The van der Waals surface area contributed by atoms with Crippen LogP contribution in [0.5, 0.6) is 0 Å². The van der Waals surface area contributed by atoms with Crippen molar-refractivity contribution in [1.82, 2.24) is 4.90 Å². The second-order valence-corrected chi connectivity index (χ2v) is 7.44. The van der Waals surface area contributed by atoms with Crippen LogP contribution in [0.1, 0.15) is 45.6 Å². The number of nitrogens with zero attached hydrogens (tertiary/aromatic N) is 1. The number of carbonyl (C=O) groups is 2. The van der Waals surface area contributed by atoms with Gasteiger partial charge in [-0.3, -0.25) is 4.90 Å². The summed E-state index contributed by atoms with van der Waals surface area (Å²) in [4.78, 5) is 24.6. The third-order valence-corrected chi connectivity index (χ3v) is 4.41. The van der Waals surface area contributed by atoms with E-state index in [-0.39, 0.29) is 11.5 Å². The Morgan fingerprint density at radius 2 is 1.83 bits per heavy atom. The predicted octanol–water partition coefficient (Wildman–Crippen LogP) is 3.72. The maximum Gasteiger partial charge on any atom is 0.408 e. The van der Waals surface area contributed by atoms with Crippen LogP contribution in [0.3, 0.4) is 0 Å². The summed E-state index contributed by atoms with van der Waals surface area (Å²) in [6.45, 7) is 6.24. The van der Waals surface area contributed by atoms with Gasteiger partial charge in [-0.1, -0.05) is 57.5 Å². The molecule has 2 atom stereocenters. The number of cyclic esters (lactones) is 1. The largest absolute Gasteiger partial charge is 0.465 e. The van der Waals surface area contributed by atoms with Gasteiger partial charge in [-0.15, -0.1) is 0 Å². The molecule has 1 N–H and O–H groups in total. The molecular formula is C19H27NO4. The number of rotatable bonds is 7. The number of amides is 1. The molecule has 0 saturated carbocycles. The average Bonchev–Trinajstić information content (AvgIpc) is 2.50. The van der Waals surface area contributed by atoms with Gasteiger partial charge in [0.05, 0.1) is 0 Å². The van der Waals surface area contributed by atoms with Crippen molar-refractivity contribution in [2.24, 2.45) is 5.41 Å². The van der Waals surface area contributed by atoms with E-state index in [0.29, 0.717) is 6.54 Å². The molecule has 1 aromatic carbocycles. The summed E-state index contributed by atoms with van der Waals surface area (Å²) >= 11 is 0. The Morgan fingerprint density at radius 3 is 2.38 bits per heavy atom. The van der Waals surface area contributed by atoms with Gasteiger partial charge < -0.3 is 9.84 Å². The normalized spacial score (nSPS) is 20.2. The van der Waals surface area contributed by atoms with Crippen LogP contribution in [0.25, 0.3) is 0 Å². The van der Waals surface area contributed by atoms with Gasteiger partial charge in [0.25, 0.3) is 0 Å². The molecule has 1 aliphatic rings. The van der Waals surface area contributed by atoms with Crippen molar-refractivity contribution in [3.8, 4) is 0 Å². The van der Waals surface area contributed by atoms with Crippen molar-refractivity contribution in [2.75, 3.05) is 6.54 Å². The van der Waals surface area contributed by atoms with E-state index in [2.05, 4.69) is 12.1 Å². The fourth-order valence-corrected chi connectivity index (χ4v) is 3.04. The molecule has 5 heteroatoms. The molecule has 1 amide bonds. The first-order valence-corrected chi connectivity index (χ1v) is 8.54. The van der Waals surface area contributed by atoms with Gasteiger partial charge in [-0.05, 0) is 24.8 Å². The number of hydrogen-bond donors (Lipinski definition) is 1. The maximum atomic E-state index is 11.8. The summed E-state index contributed by atoms with van der Waals surface area (Å²) in [6, 6.07) is 9.57. The van der Waals surface area contributed by atoms with Gasteiger partial charge in [0.2, 0.25) is 0 Å². The molecule has 2 rings (SSSR count). The van der Waals surface area contributed by atoms with Crippen LogP contribution < -0.4 is 0 Å². The molecule has 0 aromatic heterocycles. The van der Waals surface area contributed by atoms with Crippen LogP contribution in [0.2, 0.25) is 0 Å². The van der Waals surface area contributed by atoms with Crippen molar-refractivity contribution in [3.05, 3.63) is 35.9 Å². The maximum absolute atomic E-state index is 11.8. The van der Waals surface area contributed by atoms with E-state index in [1.807, 2.05) is 39.0 Å². The van der Waals surface area contributed by atoms with Crippen LogP contribution in [-0.4, -0.2) is 40.8 Å². The highest BCUT2D eigenvalue weighted by atomic mass is 16.6. The van der Waals surface area contributed by atoms with Crippen molar-refractivity contribution >= 4 is 12.1 Å². The molecule has 0 unspecified atom stereocenters. The Morgan fingerprint density at radius 1 is 1.17 bits per heavy atom. The number of unbranched alkanes of at least 4 members (excludes halogenated alkanes) is 2. The number of hydrogen-bond acceptors (Lipinski definition) is 3. The van der Waals surface area contributed by atoms with Gasteiger partial charge in [0, 0.05) is 12.0 Å². The highest BCUT2D eigenvalue weighted by Crippen LogP contribution is 2.35. The first-order valence-electron chi connectivity index (χ1n) is 8.54. The smallest absolute Gasteiger partial charge is 0.408 e. The summed E-state index contributed by atoms with van der Waals surface area (Å²) in [5.74, 6) is -0.429. The highest BCUT2D eigenvalue weighted by Gasteiger charge is 2.53. The highest BCUT2D eigenvalue weighted by molar-refractivity contribution is 5.86. The summed E-state index contributed by atoms with van der Waals surface area (Å²) in [6.07, 6.45) is 2.26. The van der Waals surface area contributed by atoms with E-state index >= 15 is 0 Å². The van der Waals surface area contributed by atoms with E-state index in [0.717, 1.165) is 25.7 Å². The SMILES string of the molecule is CC(C)(C)[C@H]1OC(=O)[C@@H]1N(CCCCCc1ccccc1)C(=O)O. The fraction of sp³-hybridized carbons (Fsp3) is 0.579. The van der Waals surface area contributed by atoms with Gasteiger partial charge in [0.1, 0.15) is 6.10 Å². The van der Waals surface area contributed by atoms with Gasteiger partial charge >= 0.3 is 12.1 Å². The first kappa shape index (κ1) is 18.3. The van der Waals surface area contributed by atoms with E-state index in [1.54, 1.807) is 0 Å². The molecule has 1 aromatic rings. The molecule has 1 heterocycles. The number of benzene rings is 1. The van der Waals surface area contributed by atoms with Crippen molar-refractivity contribution < 1.29 is 19.4 Å².